The number of carboxylic acids is 1. The van der Waals surface area contributed by atoms with Crippen molar-refractivity contribution >= 4 is 11.9 Å². The molecule has 1 rings (SSSR count). The molecule has 1 amide bonds. The molecule has 1 aromatic carbocycles. The number of carboxylic acid groups (broad SMARTS) is 1. The Morgan fingerprint density at radius 3 is 2.64 bits per heavy atom. The van der Waals surface area contributed by atoms with Gasteiger partial charge in [-0.1, -0.05) is 19.1 Å². The molecule has 2 unspecified atom stereocenters. The maximum atomic E-state index is 12.2. The normalized spacial score (nSPS) is 13.2. The summed E-state index contributed by atoms with van der Waals surface area (Å²) in [6, 6.07) is 6.38. The maximum Gasteiger partial charge on any atom is 0.326 e. The van der Waals surface area contributed by atoms with E-state index in [0.717, 1.165) is 5.56 Å². The number of methoxy groups -OCH3 is 1. The van der Waals surface area contributed by atoms with Crippen LogP contribution in [-0.4, -0.2) is 42.8 Å². The molecular weight excluding hydrogens is 286 g/mol. The molecule has 0 bridgehead atoms. The van der Waals surface area contributed by atoms with Crippen LogP contribution in [0.15, 0.2) is 24.3 Å². The van der Waals surface area contributed by atoms with Crippen molar-refractivity contribution in [3.8, 4) is 5.75 Å². The van der Waals surface area contributed by atoms with Gasteiger partial charge in [-0.2, -0.15) is 0 Å². The minimum atomic E-state index is -1.09. The number of rotatable bonds is 9. The third-order valence-corrected chi connectivity index (χ3v) is 3.16. The first-order valence-electron chi connectivity index (χ1n) is 7.23. The topological polar surface area (TPSA) is 84.9 Å². The van der Waals surface area contributed by atoms with Crippen LogP contribution in [0.2, 0.25) is 0 Å². The first-order valence-corrected chi connectivity index (χ1v) is 7.23. The summed E-state index contributed by atoms with van der Waals surface area (Å²) in [6.45, 7) is 4.00. The second kappa shape index (κ2) is 9.04. The van der Waals surface area contributed by atoms with Crippen molar-refractivity contribution in [3.63, 3.8) is 0 Å². The second-order valence-corrected chi connectivity index (χ2v) is 5.01. The molecule has 6 heteroatoms. The first-order chi connectivity index (χ1) is 10.5. The fraction of sp³-hybridized carbons (Fsp3) is 0.500. The predicted octanol–water partition coefficient (Wildman–Crippen LogP) is 1.76. The molecule has 0 aliphatic carbocycles. The second-order valence-electron chi connectivity index (χ2n) is 5.01. The summed E-state index contributed by atoms with van der Waals surface area (Å²) in [5.41, 5.74) is 1.02. The van der Waals surface area contributed by atoms with Crippen molar-refractivity contribution in [2.75, 3.05) is 13.7 Å². The Hall–Kier alpha value is -2.08. The van der Waals surface area contributed by atoms with Crippen LogP contribution >= 0.6 is 0 Å². The number of aryl methyl sites for hydroxylation is 1. The molecule has 0 aliphatic heterocycles. The number of carbonyl (C=O) groups excluding carboxylic acids is 1. The molecule has 0 saturated heterocycles. The molecule has 122 valence electrons. The van der Waals surface area contributed by atoms with Gasteiger partial charge in [0.15, 0.2) is 6.10 Å². The number of hydrogen-bond acceptors (Lipinski definition) is 4. The molecule has 0 heterocycles. The highest BCUT2D eigenvalue weighted by atomic mass is 16.5. The van der Waals surface area contributed by atoms with E-state index in [1.807, 2.05) is 32.0 Å². The lowest BCUT2D eigenvalue weighted by Gasteiger charge is -2.20. The lowest BCUT2D eigenvalue weighted by atomic mass is 10.2. The molecule has 0 saturated carbocycles. The van der Waals surface area contributed by atoms with Crippen molar-refractivity contribution in [2.24, 2.45) is 0 Å². The minimum Gasteiger partial charge on any atom is -0.481 e. The van der Waals surface area contributed by atoms with Crippen LogP contribution in [0.1, 0.15) is 25.3 Å². The van der Waals surface area contributed by atoms with E-state index >= 15 is 0 Å². The zero-order chi connectivity index (χ0) is 16.5. The summed E-state index contributed by atoms with van der Waals surface area (Å²) < 4.78 is 10.5. The van der Waals surface area contributed by atoms with Crippen molar-refractivity contribution in [2.45, 2.75) is 38.8 Å². The Bertz CT molecular complexity index is 503. The number of benzene rings is 1. The monoisotopic (exact) mass is 309 g/mol. The number of amides is 1. The van der Waals surface area contributed by atoms with Crippen LogP contribution in [0.3, 0.4) is 0 Å². The van der Waals surface area contributed by atoms with Gasteiger partial charge in [0.2, 0.25) is 0 Å². The Balaban J connectivity index is 2.68. The molecular formula is C16H23NO5. The van der Waals surface area contributed by atoms with Gasteiger partial charge in [-0.25, -0.2) is 4.79 Å². The summed E-state index contributed by atoms with van der Waals surface area (Å²) in [5, 5.41) is 11.6. The molecule has 2 N–H and O–H groups in total. The van der Waals surface area contributed by atoms with Crippen LogP contribution in [0.4, 0.5) is 0 Å². The van der Waals surface area contributed by atoms with E-state index < -0.39 is 24.0 Å². The third-order valence-electron chi connectivity index (χ3n) is 3.16. The molecule has 6 nitrogen and oxygen atoms in total. The van der Waals surface area contributed by atoms with E-state index in [-0.39, 0.29) is 13.0 Å². The highest BCUT2D eigenvalue weighted by Gasteiger charge is 2.25. The van der Waals surface area contributed by atoms with E-state index in [1.54, 1.807) is 6.07 Å². The van der Waals surface area contributed by atoms with Gasteiger partial charge >= 0.3 is 5.97 Å². The lowest BCUT2D eigenvalue weighted by Crippen LogP contribution is -2.47. The molecule has 1 aromatic rings. The van der Waals surface area contributed by atoms with Crippen molar-refractivity contribution in [1.82, 2.24) is 5.32 Å². The highest BCUT2D eigenvalue weighted by molar-refractivity contribution is 5.86. The predicted molar refractivity (Wildman–Crippen MR) is 81.9 cm³/mol. The summed E-state index contributed by atoms with van der Waals surface area (Å²) >= 11 is 0. The van der Waals surface area contributed by atoms with E-state index in [9.17, 15) is 9.59 Å². The maximum absolute atomic E-state index is 12.2. The van der Waals surface area contributed by atoms with Crippen LogP contribution in [0.5, 0.6) is 5.75 Å². The fourth-order valence-corrected chi connectivity index (χ4v) is 1.93. The average molecular weight is 309 g/mol. The van der Waals surface area contributed by atoms with Gasteiger partial charge in [-0.05, 0) is 31.0 Å². The fourth-order valence-electron chi connectivity index (χ4n) is 1.93. The van der Waals surface area contributed by atoms with E-state index in [2.05, 4.69) is 5.32 Å². The molecule has 0 radical (unpaired) electrons. The average Bonchev–Trinajstić information content (AvgIpc) is 2.48. The molecule has 0 fully saturated rings. The van der Waals surface area contributed by atoms with Crippen LogP contribution in [0, 0.1) is 6.92 Å². The minimum absolute atomic E-state index is 0.207. The molecule has 0 aliphatic rings. The van der Waals surface area contributed by atoms with Crippen molar-refractivity contribution in [1.29, 1.82) is 0 Å². The van der Waals surface area contributed by atoms with Crippen LogP contribution in [0.25, 0.3) is 0 Å². The van der Waals surface area contributed by atoms with Crippen LogP contribution < -0.4 is 10.1 Å². The zero-order valence-corrected chi connectivity index (χ0v) is 13.2. The zero-order valence-electron chi connectivity index (χ0n) is 13.2. The highest BCUT2D eigenvalue weighted by Crippen LogP contribution is 2.15. The molecule has 0 aromatic heterocycles. The number of hydrogen-bond donors (Lipinski definition) is 2. The van der Waals surface area contributed by atoms with E-state index in [4.69, 9.17) is 14.6 Å². The van der Waals surface area contributed by atoms with Gasteiger partial charge < -0.3 is 19.9 Å². The Labute approximate surface area is 130 Å². The smallest absolute Gasteiger partial charge is 0.326 e. The largest absolute Gasteiger partial charge is 0.481 e. The van der Waals surface area contributed by atoms with Gasteiger partial charge in [0.05, 0.1) is 0 Å². The Morgan fingerprint density at radius 1 is 1.36 bits per heavy atom. The first kappa shape index (κ1) is 18.0. The summed E-state index contributed by atoms with van der Waals surface area (Å²) in [5.74, 6) is -0.936. The van der Waals surface area contributed by atoms with Crippen molar-refractivity contribution in [3.05, 3.63) is 29.8 Å². The van der Waals surface area contributed by atoms with Crippen molar-refractivity contribution < 1.29 is 24.2 Å². The third kappa shape index (κ3) is 5.73. The van der Waals surface area contributed by atoms with Gasteiger partial charge in [-0.15, -0.1) is 0 Å². The van der Waals surface area contributed by atoms with Gasteiger partial charge in [-0.3, -0.25) is 4.79 Å². The molecule has 0 spiro atoms. The summed E-state index contributed by atoms with van der Waals surface area (Å²) in [7, 11) is 1.48. The number of ether oxygens (including phenoxy) is 2. The Kier molecular flexibility index (Phi) is 7.39. The van der Waals surface area contributed by atoms with Gasteiger partial charge in [0.1, 0.15) is 11.8 Å². The number of aliphatic carboxylic acids is 1. The van der Waals surface area contributed by atoms with Gasteiger partial charge in [0.25, 0.3) is 5.91 Å². The molecule has 2 atom stereocenters. The standard InChI is InChI=1S/C16H23NO5/c1-4-14(22-12-7-5-6-11(2)10-12)15(18)17-13(16(19)20)8-9-21-3/h5-7,10,13-14H,4,8-9H2,1-3H3,(H,17,18)(H,19,20). The number of carbonyl (C=O) groups is 2. The quantitative estimate of drug-likeness (QED) is 0.726. The summed E-state index contributed by atoms with van der Waals surface area (Å²) in [4.78, 5) is 23.3. The van der Waals surface area contributed by atoms with E-state index in [0.29, 0.717) is 12.2 Å². The lowest BCUT2D eigenvalue weighted by molar-refractivity contribution is -0.143. The number of nitrogens with one attached hydrogen (secondary N) is 1. The molecule has 22 heavy (non-hydrogen) atoms. The van der Waals surface area contributed by atoms with Crippen LogP contribution in [-0.2, 0) is 14.3 Å². The van der Waals surface area contributed by atoms with Gasteiger partial charge in [0, 0.05) is 20.1 Å². The summed E-state index contributed by atoms with van der Waals surface area (Å²) in [6.07, 6.45) is -0.0827. The van der Waals surface area contributed by atoms with E-state index in [1.165, 1.54) is 7.11 Å². The Morgan fingerprint density at radius 2 is 2.09 bits per heavy atom. The SMILES string of the molecule is CCC(Oc1cccc(C)c1)C(=O)NC(CCOC)C(=O)O.